The Balaban J connectivity index is 3.48. The SMILES string of the molecule is CCCc1ncc(C(N)=O)c(CCC)c1C(N)=O. The molecule has 0 fully saturated rings. The van der Waals surface area contributed by atoms with Crippen molar-refractivity contribution in [2.24, 2.45) is 11.5 Å². The van der Waals surface area contributed by atoms with Crippen LogP contribution in [-0.4, -0.2) is 16.8 Å². The molecule has 5 heteroatoms. The first-order chi connectivity index (χ1) is 8.52. The monoisotopic (exact) mass is 249 g/mol. The number of primary amides is 2. The van der Waals surface area contributed by atoms with Crippen LogP contribution >= 0.6 is 0 Å². The minimum atomic E-state index is -0.573. The van der Waals surface area contributed by atoms with E-state index in [-0.39, 0.29) is 0 Å². The fourth-order valence-corrected chi connectivity index (χ4v) is 2.03. The average Bonchev–Trinajstić information content (AvgIpc) is 2.29. The van der Waals surface area contributed by atoms with Gasteiger partial charge in [-0.25, -0.2) is 0 Å². The Labute approximate surface area is 107 Å². The van der Waals surface area contributed by atoms with Crippen molar-refractivity contribution in [3.63, 3.8) is 0 Å². The Morgan fingerprint density at radius 2 is 1.72 bits per heavy atom. The van der Waals surface area contributed by atoms with E-state index in [9.17, 15) is 9.59 Å². The molecule has 0 saturated heterocycles. The molecule has 0 aliphatic carbocycles. The Hall–Kier alpha value is -1.91. The number of aryl methyl sites for hydroxylation is 1. The molecule has 1 aromatic heterocycles. The zero-order chi connectivity index (χ0) is 13.7. The Morgan fingerprint density at radius 3 is 2.17 bits per heavy atom. The fourth-order valence-electron chi connectivity index (χ4n) is 2.03. The summed E-state index contributed by atoms with van der Waals surface area (Å²) in [7, 11) is 0. The van der Waals surface area contributed by atoms with Gasteiger partial charge in [-0.2, -0.15) is 0 Å². The molecule has 18 heavy (non-hydrogen) atoms. The zero-order valence-corrected chi connectivity index (χ0v) is 10.8. The van der Waals surface area contributed by atoms with Crippen molar-refractivity contribution in [3.8, 4) is 0 Å². The number of pyridine rings is 1. The number of amides is 2. The molecular formula is C13H19N3O2. The average molecular weight is 249 g/mol. The van der Waals surface area contributed by atoms with Crippen molar-refractivity contribution in [1.82, 2.24) is 4.98 Å². The third-order valence-corrected chi connectivity index (χ3v) is 2.76. The molecule has 5 nitrogen and oxygen atoms in total. The van der Waals surface area contributed by atoms with Crippen LogP contribution in [-0.2, 0) is 12.8 Å². The van der Waals surface area contributed by atoms with Gasteiger partial charge in [-0.15, -0.1) is 0 Å². The molecule has 2 amide bonds. The minimum Gasteiger partial charge on any atom is -0.366 e. The highest BCUT2D eigenvalue weighted by atomic mass is 16.1. The largest absolute Gasteiger partial charge is 0.366 e. The van der Waals surface area contributed by atoms with Crippen LogP contribution < -0.4 is 11.5 Å². The van der Waals surface area contributed by atoms with Gasteiger partial charge < -0.3 is 11.5 Å². The van der Waals surface area contributed by atoms with Gasteiger partial charge >= 0.3 is 0 Å². The molecule has 1 rings (SSSR count). The Morgan fingerprint density at radius 1 is 1.11 bits per heavy atom. The lowest BCUT2D eigenvalue weighted by molar-refractivity contribution is 0.0998. The summed E-state index contributed by atoms with van der Waals surface area (Å²) in [6, 6.07) is 0. The van der Waals surface area contributed by atoms with E-state index in [0.29, 0.717) is 35.2 Å². The lowest BCUT2D eigenvalue weighted by Crippen LogP contribution is -2.23. The van der Waals surface area contributed by atoms with Gasteiger partial charge in [0.2, 0.25) is 0 Å². The van der Waals surface area contributed by atoms with Crippen molar-refractivity contribution in [2.45, 2.75) is 39.5 Å². The highest BCUT2D eigenvalue weighted by Gasteiger charge is 2.20. The van der Waals surface area contributed by atoms with Gasteiger partial charge in [0.25, 0.3) is 11.8 Å². The van der Waals surface area contributed by atoms with Crippen molar-refractivity contribution >= 4 is 11.8 Å². The van der Waals surface area contributed by atoms with Gasteiger partial charge in [0, 0.05) is 6.20 Å². The number of carbonyl (C=O) groups excluding carboxylic acids is 2. The standard InChI is InChI=1S/C13H19N3O2/c1-3-5-8-9(12(14)17)7-16-10(6-4-2)11(8)13(15)18/h7H,3-6H2,1-2H3,(H2,14,17)(H2,15,18). The topological polar surface area (TPSA) is 99.1 Å². The third kappa shape index (κ3) is 2.85. The maximum absolute atomic E-state index is 11.6. The van der Waals surface area contributed by atoms with Crippen molar-refractivity contribution in [1.29, 1.82) is 0 Å². The lowest BCUT2D eigenvalue weighted by Gasteiger charge is -2.13. The van der Waals surface area contributed by atoms with Crippen LogP contribution in [0.3, 0.4) is 0 Å². The van der Waals surface area contributed by atoms with Crippen LogP contribution in [0, 0.1) is 0 Å². The molecule has 0 bridgehead atoms. The molecule has 0 aliphatic rings. The fraction of sp³-hybridized carbons (Fsp3) is 0.462. The van der Waals surface area contributed by atoms with E-state index in [0.717, 1.165) is 12.8 Å². The second kappa shape index (κ2) is 6.14. The van der Waals surface area contributed by atoms with E-state index < -0.39 is 11.8 Å². The summed E-state index contributed by atoms with van der Waals surface area (Å²) < 4.78 is 0. The molecule has 0 atom stereocenters. The number of aromatic nitrogens is 1. The second-order valence-electron chi connectivity index (χ2n) is 4.20. The zero-order valence-electron chi connectivity index (χ0n) is 10.8. The van der Waals surface area contributed by atoms with Gasteiger partial charge in [0.15, 0.2) is 0 Å². The van der Waals surface area contributed by atoms with Gasteiger partial charge in [-0.05, 0) is 18.4 Å². The number of hydrogen-bond acceptors (Lipinski definition) is 3. The van der Waals surface area contributed by atoms with Crippen LogP contribution in [0.15, 0.2) is 6.20 Å². The molecule has 0 saturated carbocycles. The van der Waals surface area contributed by atoms with Crippen LogP contribution in [0.1, 0.15) is 58.7 Å². The van der Waals surface area contributed by atoms with E-state index >= 15 is 0 Å². The highest BCUT2D eigenvalue weighted by molar-refractivity contribution is 6.01. The van der Waals surface area contributed by atoms with Crippen molar-refractivity contribution in [2.75, 3.05) is 0 Å². The summed E-state index contributed by atoms with van der Waals surface area (Å²) in [6.45, 7) is 3.96. The summed E-state index contributed by atoms with van der Waals surface area (Å²) in [6.07, 6.45) is 4.36. The molecular weight excluding hydrogens is 230 g/mol. The van der Waals surface area contributed by atoms with Gasteiger partial charge in [-0.1, -0.05) is 26.7 Å². The van der Waals surface area contributed by atoms with E-state index in [1.807, 2.05) is 13.8 Å². The molecule has 0 aromatic carbocycles. The number of nitrogens with zero attached hydrogens (tertiary/aromatic N) is 1. The first-order valence-corrected chi connectivity index (χ1v) is 6.13. The number of carbonyl (C=O) groups is 2. The van der Waals surface area contributed by atoms with Crippen LogP contribution in [0.2, 0.25) is 0 Å². The lowest BCUT2D eigenvalue weighted by atomic mass is 9.95. The number of rotatable bonds is 6. The summed E-state index contributed by atoms with van der Waals surface area (Å²) in [5.41, 5.74) is 12.7. The molecule has 98 valence electrons. The second-order valence-corrected chi connectivity index (χ2v) is 4.20. The number of nitrogens with two attached hydrogens (primary N) is 2. The summed E-state index contributed by atoms with van der Waals surface area (Å²) >= 11 is 0. The van der Waals surface area contributed by atoms with Crippen molar-refractivity contribution in [3.05, 3.63) is 28.6 Å². The van der Waals surface area contributed by atoms with E-state index in [1.165, 1.54) is 6.20 Å². The summed E-state index contributed by atoms with van der Waals surface area (Å²) in [4.78, 5) is 27.1. The third-order valence-electron chi connectivity index (χ3n) is 2.76. The van der Waals surface area contributed by atoms with E-state index in [2.05, 4.69) is 4.98 Å². The van der Waals surface area contributed by atoms with Crippen molar-refractivity contribution < 1.29 is 9.59 Å². The maximum atomic E-state index is 11.6. The first kappa shape index (κ1) is 14.2. The summed E-state index contributed by atoms with van der Waals surface area (Å²) in [5.74, 6) is -1.12. The minimum absolute atomic E-state index is 0.297. The van der Waals surface area contributed by atoms with E-state index in [4.69, 9.17) is 11.5 Å². The molecule has 0 aliphatic heterocycles. The number of hydrogen-bond donors (Lipinski definition) is 2. The van der Waals surface area contributed by atoms with Crippen LogP contribution in [0.4, 0.5) is 0 Å². The first-order valence-electron chi connectivity index (χ1n) is 6.13. The molecule has 0 unspecified atom stereocenters. The summed E-state index contributed by atoms with van der Waals surface area (Å²) in [5, 5.41) is 0. The molecule has 1 heterocycles. The van der Waals surface area contributed by atoms with Crippen LogP contribution in [0.25, 0.3) is 0 Å². The quantitative estimate of drug-likeness (QED) is 0.791. The Bertz CT molecular complexity index is 470. The Kier molecular flexibility index (Phi) is 4.83. The maximum Gasteiger partial charge on any atom is 0.250 e. The molecule has 4 N–H and O–H groups in total. The van der Waals surface area contributed by atoms with Gasteiger partial charge in [-0.3, -0.25) is 14.6 Å². The van der Waals surface area contributed by atoms with Crippen LogP contribution in [0.5, 0.6) is 0 Å². The molecule has 1 aromatic rings. The molecule has 0 spiro atoms. The smallest absolute Gasteiger partial charge is 0.250 e. The highest BCUT2D eigenvalue weighted by Crippen LogP contribution is 2.20. The molecule has 0 radical (unpaired) electrons. The predicted molar refractivity (Wildman–Crippen MR) is 69.3 cm³/mol. The van der Waals surface area contributed by atoms with Gasteiger partial charge in [0.1, 0.15) is 0 Å². The normalized spacial score (nSPS) is 10.3. The van der Waals surface area contributed by atoms with E-state index in [1.54, 1.807) is 0 Å². The van der Waals surface area contributed by atoms with Gasteiger partial charge in [0.05, 0.1) is 16.8 Å². The predicted octanol–water partition coefficient (Wildman–Crippen LogP) is 1.18.